The summed E-state index contributed by atoms with van der Waals surface area (Å²) in [7, 11) is 0. The largest absolute Gasteiger partial charge is 0.428 e. The fourth-order valence-corrected chi connectivity index (χ4v) is 1.50. The molecule has 0 atom stereocenters. The Bertz CT molecular complexity index is 546. The van der Waals surface area contributed by atoms with Gasteiger partial charge in [-0.25, -0.2) is 4.79 Å². The Morgan fingerprint density at radius 1 is 1.12 bits per heavy atom. The summed E-state index contributed by atoms with van der Waals surface area (Å²) in [5.74, 6) is 0.573. The van der Waals surface area contributed by atoms with E-state index in [0.717, 1.165) is 5.69 Å². The van der Waals surface area contributed by atoms with Crippen LogP contribution in [0.1, 0.15) is 5.76 Å². The van der Waals surface area contributed by atoms with Crippen molar-refractivity contribution in [3.05, 3.63) is 57.6 Å². The number of aryl methyl sites for hydroxylation is 1. The van der Waals surface area contributed by atoms with Crippen LogP contribution in [0.3, 0.4) is 0 Å². The molecule has 0 saturated heterocycles. The van der Waals surface area contributed by atoms with Gasteiger partial charge in [0.25, 0.3) is 0 Å². The van der Waals surface area contributed by atoms with E-state index in [0.29, 0.717) is 16.5 Å². The van der Waals surface area contributed by atoms with Crippen molar-refractivity contribution in [2.45, 2.75) is 6.92 Å². The number of hydrogen-bond acceptors (Lipinski definition) is 3. The SMILES string of the molecule is Cc1cc(Nc2ccc(Cl)cc2)cc(=O)o1. The average molecular weight is 236 g/mol. The van der Waals surface area contributed by atoms with E-state index in [1.165, 1.54) is 6.07 Å². The van der Waals surface area contributed by atoms with Gasteiger partial charge >= 0.3 is 5.63 Å². The lowest BCUT2D eigenvalue weighted by molar-refractivity contribution is 0.481. The molecule has 3 nitrogen and oxygen atoms in total. The second-order valence-corrected chi connectivity index (χ2v) is 3.84. The number of nitrogens with one attached hydrogen (secondary N) is 1. The van der Waals surface area contributed by atoms with Crippen LogP contribution in [0.5, 0.6) is 0 Å². The first-order valence-corrected chi connectivity index (χ1v) is 5.16. The van der Waals surface area contributed by atoms with Crippen molar-refractivity contribution in [1.82, 2.24) is 0 Å². The van der Waals surface area contributed by atoms with Crippen LogP contribution in [0, 0.1) is 6.92 Å². The van der Waals surface area contributed by atoms with E-state index in [1.54, 1.807) is 25.1 Å². The molecule has 4 heteroatoms. The third kappa shape index (κ3) is 2.64. The molecule has 0 aliphatic heterocycles. The molecule has 0 aliphatic carbocycles. The number of halogens is 1. The van der Waals surface area contributed by atoms with Gasteiger partial charge in [-0.3, -0.25) is 0 Å². The lowest BCUT2D eigenvalue weighted by atomic mass is 10.3. The first-order chi connectivity index (χ1) is 7.63. The van der Waals surface area contributed by atoms with E-state index in [-0.39, 0.29) is 5.63 Å². The molecular weight excluding hydrogens is 226 g/mol. The summed E-state index contributed by atoms with van der Waals surface area (Å²) in [6, 6.07) is 10.4. The monoisotopic (exact) mass is 235 g/mol. The standard InChI is InChI=1S/C12H10ClNO2/c1-8-6-11(7-12(15)16-8)14-10-4-2-9(13)3-5-10/h2-7,14H,1H3. The van der Waals surface area contributed by atoms with E-state index in [4.69, 9.17) is 16.0 Å². The summed E-state index contributed by atoms with van der Waals surface area (Å²) >= 11 is 5.77. The maximum atomic E-state index is 11.1. The molecule has 2 aromatic rings. The summed E-state index contributed by atoms with van der Waals surface area (Å²) in [6.07, 6.45) is 0. The zero-order valence-corrected chi connectivity index (χ0v) is 9.41. The van der Waals surface area contributed by atoms with Crippen LogP contribution in [0.4, 0.5) is 11.4 Å². The fraction of sp³-hybridized carbons (Fsp3) is 0.0833. The van der Waals surface area contributed by atoms with Gasteiger partial charge in [-0.05, 0) is 31.2 Å². The minimum Gasteiger partial charge on any atom is -0.428 e. The Labute approximate surface area is 97.7 Å². The van der Waals surface area contributed by atoms with Crippen molar-refractivity contribution in [3.63, 3.8) is 0 Å². The molecule has 0 aliphatic rings. The highest BCUT2D eigenvalue weighted by Crippen LogP contribution is 2.18. The average Bonchev–Trinajstić information content (AvgIpc) is 2.20. The third-order valence-electron chi connectivity index (χ3n) is 2.03. The van der Waals surface area contributed by atoms with E-state index >= 15 is 0 Å². The predicted molar refractivity (Wildman–Crippen MR) is 64.4 cm³/mol. The predicted octanol–water partition coefficient (Wildman–Crippen LogP) is 3.35. The minimum atomic E-state index is -0.364. The normalized spacial score (nSPS) is 10.1. The molecule has 0 radical (unpaired) electrons. The Balaban J connectivity index is 2.26. The molecule has 0 fully saturated rings. The minimum absolute atomic E-state index is 0.364. The van der Waals surface area contributed by atoms with Gasteiger partial charge in [0.05, 0.1) is 0 Å². The van der Waals surface area contributed by atoms with Gasteiger partial charge < -0.3 is 9.73 Å². The maximum absolute atomic E-state index is 11.1. The van der Waals surface area contributed by atoms with Crippen molar-refractivity contribution < 1.29 is 4.42 Å². The Morgan fingerprint density at radius 3 is 2.44 bits per heavy atom. The molecule has 82 valence electrons. The molecule has 1 heterocycles. The van der Waals surface area contributed by atoms with Crippen LogP contribution in [0.2, 0.25) is 5.02 Å². The Morgan fingerprint density at radius 2 is 1.81 bits per heavy atom. The third-order valence-corrected chi connectivity index (χ3v) is 2.28. The van der Waals surface area contributed by atoms with Crippen LogP contribution in [0.25, 0.3) is 0 Å². The molecule has 0 bridgehead atoms. The van der Waals surface area contributed by atoms with Gasteiger partial charge in [-0.2, -0.15) is 0 Å². The Hall–Kier alpha value is -1.74. The summed E-state index contributed by atoms with van der Waals surface area (Å²) in [4.78, 5) is 11.1. The lowest BCUT2D eigenvalue weighted by Crippen LogP contribution is -2.00. The highest BCUT2D eigenvalue weighted by atomic mass is 35.5. The van der Waals surface area contributed by atoms with Crippen LogP contribution >= 0.6 is 11.6 Å². The zero-order valence-electron chi connectivity index (χ0n) is 8.66. The van der Waals surface area contributed by atoms with Gasteiger partial charge in [0, 0.05) is 28.5 Å². The molecule has 0 amide bonds. The van der Waals surface area contributed by atoms with Crippen LogP contribution in [-0.4, -0.2) is 0 Å². The van der Waals surface area contributed by atoms with Crippen LogP contribution in [-0.2, 0) is 0 Å². The van der Waals surface area contributed by atoms with Crippen molar-refractivity contribution in [2.24, 2.45) is 0 Å². The molecule has 16 heavy (non-hydrogen) atoms. The first-order valence-electron chi connectivity index (χ1n) is 4.78. The molecular formula is C12H10ClNO2. The smallest absolute Gasteiger partial charge is 0.337 e. The number of anilines is 2. The van der Waals surface area contributed by atoms with Crippen LogP contribution in [0.15, 0.2) is 45.6 Å². The van der Waals surface area contributed by atoms with Crippen molar-refractivity contribution in [1.29, 1.82) is 0 Å². The molecule has 1 N–H and O–H groups in total. The number of benzene rings is 1. The fourth-order valence-electron chi connectivity index (χ4n) is 1.38. The van der Waals surface area contributed by atoms with Gasteiger partial charge in [-0.15, -0.1) is 0 Å². The highest BCUT2D eigenvalue weighted by molar-refractivity contribution is 6.30. The van der Waals surface area contributed by atoms with Gasteiger partial charge in [-0.1, -0.05) is 11.6 Å². The molecule has 2 rings (SSSR count). The lowest BCUT2D eigenvalue weighted by Gasteiger charge is -2.05. The topological polar surface area (TPSA) is 42.2 Å². The van der Waals surface area contributed by atoms with Gasteiger partial charge in [0.2, 0.25) is 0 Å². The van der Waals surface area contributed by atoms with E-state index < -0.39 is 0 Å². The van der Waals surface area contributed by atoms with E-state index in [2.05, 4.69) is 5.32 Å². The molecule has 1 aromatic heterocycles. The first kappa shape index (κ1) is 10.8. The summed E-state index contributed by atoms with van der Waals surface area (Å²) in [6.45, 7) is 1.73. The summed E-state index contributed by atoms with van der Waals surface area (Å²) in [5.41, 5.74) is 1.21. The van der Waals surface area contributed by atoms with Crippen molar-refractivity contribution >= 4 is 23.0 Å². The highest BCUT2D eigenvalue weighted by Gasteiger charge is 1.98. The second-order valence-electron chi connectivity index (χ2n) is 3.41. The van der Waals surface area contributed by atoms with E-state index in [9.17, 15) is 4.79 Å². The van der Waals surface area contributed by atoms with E-state index in [1.807, 2.05) is 12.1 Å². The number of hydrogen-bond donors (Lipinski definition) is 1. The van der Waals surface area contributed by atoms with Crippen LogP contribution < -0.4 is 10.9 Å². The summed E-state index contributed by atoms with van der Waals surface area (Å²) in [5, 5.41) is 3.77. The second kappa shape index (κ2) is 4.41. The quantitative estimate of drug-likeness (QED) is 0.868. The van der Waals surface area contributed by atoms with Crippen molar-refractivity contribution in [2.75, 3.05) is 5.32 Å². The summed E-state index contributed by atoms with van der Waals surface area (Å²) < 4.78 is 4.86. The molecule has 0 saturated carbocycles. The Kier molecular flexibility index (Phi) is 2.97. The molecule has 1 aromatic carbocycles. The molecule has 0 spiro atoms. The zero-order chi connectivity index (χ0) is 11.5. The molecule has 0 unspecified atom stereocenters. The maximum Gasteiger partial charge on any atom is 0.337 e. The van der Waals surface area contributed by atoms with Crippen molar-refractivity contribution in [3.8, 4) is 0 Å². The van der Waals surface area contributed by atoms with Gasteiger partial charge in [0.1, 0.15) is 5.76 Å². The number of rotatable bonds is 2. The van der Waals surface area contributed by atoms with Gasteiger partial charge in [0.15, 0.2) is 0 Å².